The third kappa shape index (κ3) is 4.15. The second kappa shape index (κ2) is 6.63. The molecule has 0 fully saturated rings. The van der Waals surface area contributed by atoms with Gasteiger partial charge in [0.15, 0.2) is 0 Å². The van der Waals surface area contributed by atoms with Gasteiger partial charge in [0, 0.05) is 12.1 Å². The summed E-state index contributed by atoms with van der Waals surface area (Å²) >= 11 is 0. The molecule has 1 aromatic carbocycles. The second-order valence-electron chi connectivity index (χ2n) is 5.25. The zero-order valence-electron chi connectivity index (χ0n) is 12.2. The molecule has 0 saturated heterocycles. The van der Waals surface area contributed by atoms with Crippen molar-refractivity contribution in [2.75, 3.05) is 13.6 Å². The van der Waals surface area contributed by atoms with E-state index in [1.54, 1.807) is 6.92 Å². The largest absolute Gasteiger partial charge is 0.393 e. The summed E-state index contributed by atoms with van der Waals surface area (Å²) in [6, 6.07) is 8.03. The van der Waals surface area contributed by atoms with Crippen molar-refractivity contribution in [3.05, 3.63) is 35.7 Å². The quantitative estimate of drug-likeness (QED) is 0.876. The lowest BCUT2D eigenvalue weighted by Gasteiger charge is -2.14. The summed E-state index contributed by atoms with van der Waals surface area (Å²) in [5, 5.41) is 13.3. The molecular weight excluding hydrogens is 254 g/mol. The maximum atomic E-state index is 9.26. The van der Waals surface area contributed by atoms with Crippen molar-refractivity contribution in [3.63, 3.8) is 0 Å². The Kier molecular flexibility index (Phi) is 4.87. The Morgan fingerprint density at radius 2 is 2.00 bits per heavy atom. The smallest absolute Gasteiger partial charge is 0.241 e. The highest BCUT2D eigenvalue weighted by molar-refractivity contribution is 5.54. The molecule has 2 rings (SSSR count). The fourth-order valence-electron chi connectivity index (χ4n) is 1.86. The molecule has 5 heteroatoms. The number of hydrogen-bond donors (Lipinski definition) is 1. The van der Waals surface area contributed by atoms with Gasteiger partial charge in [0.2, 0.25) is 11.7 Å². The zero-order valence-corrected chi connectivity index (χ0v) is 12.2. The fourth-order valence-corrected chi connectivity index (χ4v) is 1.86. The van der Waals surface area contributed by atoms with Gasteiger partial charge < -0.3 is 9.63 Å². The molecule has 0 aliphatic heterocycles. The minimum atomic E-state index is -0.289. The van der Waals surface area contributed by atoms with Crippen LogP contribution in [0.2, 0.25) is 0 Å². The maximum absolute atomic E-state index is 9.26. The molecular formula is C15H21N3O2. The van der Waals surface area contributed by atoms with Crippen LogP contribution in [0.1, 0.15) is 24.8 Å². The molecule has 1 N–H and O–H groups in total. The topological polar surface area (TPSA) is 62.4 Å². The molecule has 0 saturated carbocycles. The molecule has 0 aliphatic rings. The molecule has 0 bridgehead atoms. The fraction of sp³-hybridized carbons (Fsp3) is 0.467. The van der Waals surface area contributed by atoms with Crippen molar-refractivity contribution in [2.24, 2.45) is 0 Å². The molecule has 108 valence electrons. The Hall–Kier alpha value is -1.72. The Labute approximate surface area is 119 Å². The van der Waals surface area contributed by atoms with E-state index in [0.29, 0.717) is 18.3 Å². The molecule has 2 aromatic rings. The normalized spacial score (nSPS) is 12.8. The van der Waals surface area contributed by atoms with E-state index in [1.807, 2.05) is 38.2 Å². The van der Waals surface area contributed by atoms with Crippen LogP contribution in [0.4, 0.5) is 0 Å². The van der Waals surface area contributed by atoms with Crippen molar-refractivity contribution in [3.8, 4) is 11.4 Å². The summed E-state index contributed by atoms with van der Waals surface area (Å²) in [4.78, 5) is 6.45. The lowest BCUT2D eigenvalue weighted by Crippen LogP contribution is -2.22. The van der Waals surface area contributed by atoms with Crippen molar-refractivity contribution in [1.29, 1.82) is 0 Å². The summed E-state index contributed by atoms with van der Waals surface area (Å²) in [7, 11) is 1.97. The molecule has 1 unspecified atom stereocenters. The second-order valence-corrected chi connectivity index (χ2v) is 5.25. The van der Waals surface area contributed by atoms with Crippen LogP contribution in [0.25, 0.3) is 11.4 Å². The van der Waals surface area contributed by atoms with Gasteiger partial charge in [0.05, 0.1) is 12.6 Å². The van der Waals surface area contributed by atoms with Gasteiger partial charge >= 0.3 is 0 Å². The Morgan fingerprint density at radius 1 is 1.30 bits per heavy atom. The SMILES string of the molecule is Cc1ccc(-c2noc(CN(C)CCC(C)O)n2)cc1. The molecule has 1 aromatic heterocycles. The molecule has 20 heavy (non-hydrogen) atoms. The maximum Gasteiger partial charge on any atom is 0.241 e. The molecule has 0 radical (unpaired) electrons. The zero-order chi connectivity index (χ0) is 14.5. The lowest BCUT2D eigenvalue weighted by molar-refractivity contribution is 0.158. The number of aliphatic hydroxyl groups is 1. The van der Waals surface area contributed by atoms with Gasteiger partial charge in [-0.25, -0.2) is 0 Å². The van der Waals surface area contributed by atoms with E-state index in [1.165, 1.54) is 5.56 Å². The third-order valence-corrected chi connectivity index (χ3v) is 3.11. The van der Waals surface area contributed by atoms with Crippen LogP contribution in [-0.4, -0.2) is 39.8 Å². The number of aliphatic hydroxyl groups excluding tert-OH is 1. The van der Waals surface area contributed by atoms with Gasteiger partial charge in [-0.1, -0.05) is 35.0 Å². The average Bonchev–Trinajstić information content (AvgIpc) is 2.85. The monoisotopic (exact) mass is 275 g/mol. The van der Waals surface area contributed by atoms with E-state index in [2.05, 4.69) is 15.0 Å². The predicted molar refractivity (Wildman–Crippen MR) is 77.1 cm³/mol. The van der Waals surface area contributed by atoms with Crippen LogP contribution in [0, 0.1) is 6.92 Å². The number of hydrogen-bond acceptors (Lipinski definition) is 5. The van der Waals surface area contributed by atoms with Crippen LogP contribution in [0.5, 0.6) is 0 Å². The number of benzene rings is 1. The first-order chi connectivity index (χ1) is 9.54. The Bertz CT molecular complexity index is 534. The summed E-state index contributed by atoms with van der Waals surface area (Å²) < 4.78 is 5.26. The molecule has 5 nitrogen and oxygen atoms in total. The summed E-state index contributed by atoms with van der Waals surface area (Å²) in [5.74, 6) is 1.21. The van der Waals surface area contributed by atoms with Crippen LogP contribution in [0.15, 0.2) is 28.8 Å². The van der Waals surface area contributed by atoms with E-state index >= 15 is 0 Å². The van der Waals surface area contributed by atoms with Gasteiger partial charge in [-0.05, 0) is 27.3 Å². The number of rotatable bonds is 6. The first kappa shape index (κ1) is 14.7. The average molecular weight is 275 g/mol. The first-order valence-corrected chi connectivity index (χ1v) is 6.81. The standard InChI is InChI=1S/C15H21N3O2/c1-11-4-6-13(7-5-11)15-16-14(20-17-15)10-18(3)9-8-12(2)19/h4-7,12,19H,8-10H2,1-3H3. The third-order valence-electron chi connectivity index (χ3n) is 3.11. The van der Waals surface area contributed by atoms with Crippen LogP contribution >= 0.6 is 0 Å². The molecule has 1 heterocycles. The van der Waals surface area contributed by atoms with E-state index in [0.717, 1.165) is 18.5 Å². The van der Waals surface area contributed by atoms with Crippen molar-refractivity contribution >= 4 is 0 Å². The minimum Gasteiger partial charge on any atom is -0.393 e. The highest BCUT2D eigenvalue weighted by Gasteiger charge is 2.11. The van der Waals surface area contributed by atoms with Gasteiger partial charge in [-0.15, -0.1) is 0 Å². The summed E-state index contributed by atoms with van der Waals surface area (Å²) in [5.41, 5.74) is 2.16. The van der Waals surface area contributed by atoms with E-state index in [-0.39, 0.29) is 6.10 Å². The van der Waals surface area contributed by atoms with E-state index in [4.69, 9.17) is 4.52 Å². The minimum absolute atomic E-state index is 0.289. The van der Waals surface area contributed by atoms with Crippen LogP contribution in [0.3, 0.4) is 0 Å². The van der Waals surface area contributed by atoms with Gasteiger partial charge in [-0.2, -0.15) is 4.98 Å². The Morgan fingerprint density at radius 3 is 2.65 bits per heavy atom. The summed E-state index contributed by atoms with van der Waals surface area (Å²) in [6.07, 6.45) is 0.443. The van der Waals surface area contributed by atoms with Crippen molar-refractivity contribution in [1.82, 2.24) is 15.0 Å². The van der Waals surface area contributed by atoms with Crippen LogP contribution < -0.4 is 0 Å². The Balaban J connectivity index is 1.96. The van der Waals surface area contributed by atoms with Gasteiger partial charge in [0.1, 0.15) is 0 Å². The van der Waals surface area contributed by atoms with Crippen molar-refractivity contribution in [2.45, 2.75) is 32.9 Å². The number of aryl methyl sites for hydroxylation is 1. The molecule has 0 spiro atoms. The van der Waals surface area contributed by atoms with Crippen LogP contribution in [-0.2, 0) is 6.54 Å². The number of nitrogens with zero attached hydrogens (tertiary/aromatic N) is 3. The van der Waals surface area contributed by atoms with E-state index in [9.17, 15) is 5.11 Å². The first-order valence-electron chi connectivity index (χ1n) is 6.81. The van der Waals surface area contributed by atoms with Gasteiger partial charge in [-0.3, -0.25) is 4.90 Å². The summed E-state index contributed by atoms with van der Waals surface area (Å²) in [6.45, 7) is 5.21. The van der Waals surface area contributed by atoms with Crippen molar-refractivity contribution < 1.29 is 9.63 Å². The predicted octanol–water partition coefficient (Wildman–Crippen LogP) is 2.25. The lowest BCUT2D eigenvalue weighted by atomic mass is 10.1. The molecule has 0 amide bonds. The highest BCUT2D eigenvalue weighted by atomic mass is 16.5. The highest BCUT2D eigenvalue weighted by Crippen LogP contribution is 2.16. The molecule has 0 aliphatic carbocycles. The number of aromatic nitrogens is 2. The van der Waals surface area contributed by atoms with E-state index < -0.39 is 0 Å². The molecule has 1 atom stereocenters. The van der Waals surface area contributed by atoms with Gasteiger partial charge in [0.25, 0.3) is 0 Å².